The highest BCUT2D eigenvalue weighted by Gasteiger charge is 2.26. The topological polar surface area (TPSA) is 51.0 Å². The summed E-state index contributed by atoms with van der Waals surface area (Å²) in [4.78, 5) is 24.7. The highest BCUT2D eigenvalue weighted by Crippen LogP contribution is 2.33. The van der Waals surface area contributed by atoms with E-state index < -0.39 is 0 Å². The van der Waals surface area contributed by atoms with Crippen molar-refractivity contribution in [3.05, 3.63) is 59.0 Å². The van der Waals surface area contributed by atoms with Gasteiger partial charge in [-0.15, -0.1) is 0 Å². The number of amides is 1. The summed E-state index contributed by atoms with van der Waals surface area (Å²) in [6.45, 7) is 3.29. The number of nitrogens with zero attached hydrogens (tertiary/aromatic N) is 4. The highest BCUT2D eigenvalue weighted by atomic mass is 35.5. The van der Waals surface area contributed by atoms with Crippen LogP contribution in [0.5, 0.6) is 0 Å². The number of benzene rings is 1. The molecule has 4 rings (SSSR count). The number of imidazole rings is 1. The summed E-state index contributed by atoms with van der Waals surface area (Å²) in [5.41, 5.74) is 2.37. The third-order valence-corrected chi connectivity index (χ3v) is 6.05. The van der Waals surface area contributed by atoms with Gasteiger partial charge in [-0.25, -0.2) is 9.97 Å². The average Bonchev–Trinajstić information content (AvgIpc) is 3.38. The van der Waals surface area contributed by atoms with Gasteiger partial charge in [0, 0.05) is 18.8 Å². The van der Waals surface area contributed by atoms with Crippen LogP contribution >= 0.6 is 11.6 Å². The molecule has 29 heavy (non-hydrogen) atoms. The Hall–Kier alpha value is -2.40. The normalized spacial score (nSPS) is 14.6. The minimum Gasteiger partial charge on any atom is -0.331 e. The van der Waals surface area contributed by atoms with Gasteiger partial charge >= 0.3 is 0 Å². The predicted octanol–water partition coefficient (Wildman–Crippen LogP) is 5.64. The lowest BCUT2D eigenvalue weighted by Crippen LogP contribution is -2.33. The molecule has 1 fully saturated rings. The van der Waals surface area contributed by atoms with E-state index in [1.165, 1.54) is 12.8 Å². The van der Waals surface area contributed by atoms with Gasteiger partial charge in [-0.1, -0.05) is 49.9 Å². The number of unbranched alkanes of at least 4 members (excludes halogenated alkanes) is 1. The molecule has 6 heteroatoms. The zero-order valence-corrected chi connectivity index (χ0v) is 17.6. The maximum Gasteiger partial charge on any atom is 0.255 e. The Balaban J connectivity index is 1.70. The van der Waals surface area contributed by atoms with Crippen molar-refractivity contribution in [2.24, 2.45) is 0 Å². The second kappa shape index (κ2) is 8.95. The van der Waals surface area contributed by atoms with E-state index in [1.807, 2.05) is 35.4 Å². The van der Waals surface area contributed by atoms with Crippen molar-refractivity contribution in [2.75, 3.05) is 6.54 Å². The minimum absolute atomic E-state index is 0.0398. The first kappa shape index (κ1) is 19.9. The van der Waals surface area contributed by atoms with Crippen LogP contribution in [0.15, 0.2) is 42.6 Å². The first-order chi connectivity index (χ1) is 14.2. The molecule has 0 spiro atoms. The fourth-order valence-corrected chi connectivity index (χ4v) is 4.43. The molecule has 0 aliphatic heterocycles. The van der Waals surface area contributed by atoms with Crippen LogP contribution in [0.2, 0.25) is 5.02 Å². The molecule has 0 saturated heterocycles. The van der Waals surface area contributed by atoms with E-state index in [9.17, 15) is 4.79 Å². The molecule has 1 saturated carbocycles. The first-order valence-corrected chi connectivity index (χ1v) is 10.9. The van der Waals surface area contributed by atoms with Crippen molar-refractivity contribution in [1.82, 2.24) is 19.4 Å². The van der Waals surface area contributed by atoms with Gasteiger partial charge in [0.2, 0.25) is 0 Å². The minimum atomic E-state index is -0.0398. The van der Waals surface area contributed by atoms with Crippen LogP contribution in [0, 0.1) is 0 Å². The van der Waals surface area contributed by atoms with E-state index >= 15 is 0 Å². The molecule has 1 aliphatic carbocycles. The molecule has 1 aliphatic rings. The first-order valence-electron chi connectivity index (χ1n) is 10.5. The fraction of sp³-hybridized carbons (Fsp3) is 0.435. The molecule has 2 aromatic heterocycles. The van der Waals surface area contributed by atoms with Crippen molar-refractivity contribution in [3.8, 4) is 0 Å². The summed E-state index contributed by atoms with van der Waals surface area (Å²) < 4.78 is 2.28. The van der Waals surface area contributed by atoms with Gasteiger partial charge in [-0.2, -0.15) is 0 Å². The molecule has 0 radical (unpaired) electrons. The number of aromatic nitrogens is 3. The van der Waals surface area contributed by atoms with E-state index in [2.05, 4.69) is 16.5 Å². The fourth-order valence-electron chi connectivity index (χ4n) is 4.21. The quantitative estimate of drug-likeness (QED) is 0.506. The monoisotopic (exact) mass is 410 g/mol. The molecule has 0 bridgehead atoms. The number of carbonyl (C=O) groups is 1. The Bertz CT molecular complexity index is 993. The lowest BCUT2D eigenvalue weighted by molar-refractivity contribution is 0.0734. The molecule has 0 atom stereocenters. The molecule has 1 amide bonds. The van der Waals surface area contributed by atoms with Gasteiger partial charge in [0.25, 0.3) is 5.91 Å². The molecular formula is C23H27ClN4O. The van der Waals surface area contributed by atoms with Crippen molar-refractivity contribution < 1.29 is 4.79 Å². The third-order valence-electron chi connectivity index (χ3n) is 5.72. The highest BCUT2D eigenvalue weighted by molar-refractivity contribution is 6.33. The van der Waals surface area contributed by atoms with Crippen molar-refractivity contribution >= 4 is 28.7 Å². The molecule has 0 unspecified atom stereocenters. The number of pyridine rings is 1. The van der Waals surface area contributed by atoms with Crippen LogP contribution in [-0.4, -0.2) is 31.9 Å². The van der Waals surface area contributed by atoms with Gasteiger partial charge in [-0.05, 0) is 43.5 Å². The van der Waals surface area contributed by atoms with Crippen molar-refractivity contribution in [3.63, 3.8) is 0 Å². The molecule has 152 valence electrons. The Kier molecular flexibility index (Phi) is 6.14. The average molecular weight is 411 g/mol. The third kappa shape index (κ3) is 4.15. The predicted molar refractivity (Wildman–Crippen MR) is 116 cm³/mol. The number of hydrogen-bond acceptors (Lipinski definition) is 3. The summed E-state index contributed by atoms with van der Waals surface area (Å²) in [7, 11) is 0. The second-order valence-electron chi connectivity index (χ2n) is 7.74. The van der Waals surface area contributed by atoms with Gasteiger partial charge in [0.05, 0.1) is 17.1 Å². The van der Waals surface area contributed by atoms with Crippen molar-refractivity contribution in [1.29, 1.82) is 0 Å². The molecular weight excluding hydrogens is 384 g/mol. The summed E-state index contributed by atoms with van der Waals surface area (Å²) in [6.07, 6.45) is 8.53. The van der Waals surface area contributed by atoms with Gasteiger partial charge in [0.15, 0.2) is 5.65 Å². The van der Waals surface area contributed by atoms with Crippen LogP contribution in [0.4, 0.5) is 0 Å². The molecule has 1 aromatic carbocycles. The van der Waals surface area contributed by atoms with Crippen LogP contribution in [0.25, 0.3) is 11.2 Å². The maximum atomic E-state index is 13.3. The van der Waals surface area contributed by atoms with Crippen LogP contribution in [0.1, 0.15) is 67.7 Å². The molecule has 5 nitrogen and oxygen atoms in total. The van der Waals surface area contributed by atoms with Gasteiger partial charge in [0.1, 0.15) is 11.3 Å². The van der Waals surface area contributed by atoms with E-state index in [0.29, 0.717) is 29.7 Å². The summed E-state index contributed by atoms with van der Waals surface area (Å²) in [5, 5.41) is 0.491. The van der Waals surface area contributed by atoms with E-state index in [4.69, 9.17) is 16.6 Å². The zero-order valence-electron chi connectivity index (χ0n) is 16.9. The van der Waals surface area contributed by atoms with E-state index in [1.54, 1.807) is 12.1 Å². The largest absolute Gasteiger partial charge is 0.331 e. The standard InChI is InChI=1S/C23H27ClN4O/c1-2-3-15-27(23(29)18-11-6-7-12-19(18)24)16-21-26-20-13-8-14-25-22(20)28(21)17-9-4-5-10-17/h6-8,11-14,17H,2-5,9-10,15-16H2,1H3. The Labute approximate surface area is 176 Å². The number of rotatable bonds is 7. The Morgan fingerprint density at radius 3 is 2.76 bits per heavy atom. The lowest BCUT2D eigenvalue weighted by Gasteiger charge is -2.24. The molecule has 2 heterocycles. The van der Waals surface area contributed by atoms with E-state index in [-0.39, 0.29) is 5.91 Å². The number of hydrogen-bond donors (Lipinski definition) is 0. The summed E-state index contributed by atoms with van der Waals surface area (Å²) in [6, 6.07) is 11.6. The van der Waals surface area contributed by atoms with Gasteiger partial charge in [-0.3, -0.25) is 4.79 Å². The number of halogens is 1. The number of carbonyl (C=O) groups excluding carboxylic acids is 1. The SMILES string of the molecule is CCCCN(Cc1nc2cccnc2n1C1CCCC1)C(=O)c1ccccc1Cl. The smallest absolute Gasteiger partial charge is 0.255 e. The van der Waals surface area contributed by atoms with Crippen LogP contribution in [-0.2, 0) is 6.54 Å². The van der Waals surface area contributed by atoms with E-state index in [0.717, 1.165) is 42.7 Å². The van der Waals surface area contributed by atoms with Crippen molar-refractivity contribution in [2.45, 2.75) is 58.0 Å². The van der Waals surface area contributed by atoms with Crippen LogP contribution < -0.4 is 0 Å². The zero-order chi connectivity index (χ0) is 20.2. The molecule has 3 aromatic rings. The van der Waals surface area contributed by atoms with Crippen LogP contribution in [0.3, 0.4) is 0 Å². The summed E-state index contributed by atoms with van der Waals surface area (Å²) in [5.74, 6) is 0.879. The lowest BCUT2D eigenvalue weighted by atomic mass is 10.2. The Morgan fingerprint density at radius 1 is 1.21 bits per heavy atom. The second-order valence-corrected chi connectivity index (χ2v) is 8.15. The molecule has 0 N–H and O–H groups in total. The number of fused-ring (bicyclic) bond motifs is 1. The van der Waals surface area contributed by atoms with Gasteiger partial charge < -0.3 is 9.47 Å². The Morgan fingerprint density at radius 2 is 2.00 bits per heavy atom. The maximum absolute atomic E-state index is 13.3. The summed E-state index contributed by atoms with van der Waals surface area (Å²) >= 11 is 6.32.